The molecule has 14 heavy (non-hydrogen) atoms. The highest BCUT2D eigenvalue weighted by Gasteiger charge is 2.13. The minimum Gasteiger partial charge on any atom is -0.122 e. The number of benzene rings is 1. The maximum atomic E-state index is 6.34. The Bertz CT molecular complexity index is 243. The molecular formula is C13H19Cl. The largest absolute Gasteiger partial charge is 0.122 e. The van der Waals surface area contributed by atoms with Crippen molar-refractivity contribution in [2.75, 3.05) is 0 Å². The molecule has 2 unspecified atom stereocenters. The highest BCUT2D eigenvalue weighted by Crippen LogP contribution is 2.20. The second-order valence-corrected chi connectivity index (χ2v) is 4.53. The molecular weight excluding hydrogens is 192 g/mol. The molecule has 0 saturated heterocycles. The predicted octanol–water partition coefficient (Wildman–Crippen LogP) is 4.27. The van der Waals surface area contributed by atoms with Gasteiger partial charge in [-0.2, -0.15) is 0 Å². The molecule has 0 nitrogen and oxygen atoms in total. The van der Waals surface area contributed by atoms with E-state index in [9.17, 15) is 0 Å². The van der Waals surface area contributed by atoms with E-state index in [4.69, 9.17) is 11.6 Å². The molecule has 0 spiro atoms. The van der Waals surface area contributed by atoms with Crippen LogP contribution in [0, 0.1) is 5.92 Å². The van der Waals surface area contributed by atoms with Gasteiger partial charge in [0.1, 0.15) is 0 Å². The quantitative estimate of drug-likeness (QED) is 0.637. The number of halogens is 1. The maximum absolute atomic E-state index is 6.34. The lowest BCUT2D eigenvalue weighted by Gasteiger charge is -2.17. The average Bonchev–Trinajstić information content (AvgIpc) is 2.19. The van der Waals surface area contributed by atoms with Crippen LogP contribution in [0.1, 0.15) is 32.3 Å². The minimum absolute atomic E-state index is 0.275. The molecule has 1 aromatic rings. The summed E-state index contributed by atoms with van der Waals surface area (Å²) in [6.45, 7) is 4.45. The fraction of sp³-hybridized carbons (Fsp3) is 0.538. The van der Waals surface area contributed by atoms with E-state index >= 15 is 0 Å². The first-order valence-electron chi connectivity index (χ1n) is 5.42. The van der Waals surface area contributed by atoms with Gasteiger partial charge in [0, 0.05) is 5.38 Å². The van der Waals surface area contributed by atoms with E-state index < -0.39 is 0 Å². The lowest BCUT2D eigenvalue weighted by atomic mass is 9.97. The molecule has 0 aliphatic rings. The van der Waals surface area contributed by atoms with E-state index in [-0.39, 0.29) is 5.38 Å². The van der Waals surface area contributed by atoms with Crippen LogP contribution in [-0.2, 0) is 6.42 Å². The summed E-state index contributed by atoms with van der Waals surface area (Å²) in [6.07, 6.45) is 3.43. The third-order valence-electron chi connectivity index (χ3n) is 2.63. The number of hydrogen-bond acceptors (Lipinski definition) is 0. The molecule has 0 bridgehead atoms. The van der Waals surface area contributed by atoms with Crippen molar-refractivity contribution in [3.8, 4) is 0 Å². The van der Waals surface area contributed by atoms with Crippen LogP contribution in [-0.4, -0.2) is 5.38 Å². The minimum atomic E-state index is 0.275. The molecule has 1 aromatic carbocycles. The van der Waals surface area contributed by atoms with Crippen molar-refractivity contribution in [1.29, 1.82) is 0 Å². The van der Waals surface area contributed by atoms with Crippen LogP contribution >= 0.6 is 11.6 Å². The summed E-state index contributed by atoms with van der Waals surface area (Å²) in [5.74, 6) is 0.613. The van der Waals surface area contributed by atoms with Gasteiger partial charge in [-0.15, -0.1) is 11.6 Å². The Morgan fingerprint density at radius 1 is 1.21 bits per heavy atom. The third-order valence-corrected chi connectivity index (χ3v) is 3.22. The van der Waals surface area contributed by atoms with Crippen molar-refractivity contribution < 1.29 is 0 Å². The molecule has 0 heterocycles. The zero-order valence-electron chi connectivity index (χ0n) is 9.04. The number of alkyl halides is 1. The molecule has 0 aromatic heterocycles. The Kier molecular flexibility index (Phi) is 5.03. The van der Waals surface area contributed by atoms with Gasteiger partial charge in [0.2, 0.25) is 0 Å². The molecule has 0 aliphatic carbocycles. The first-order chi connectivity index (χ1) is 6.74. The van der Waals surface area contributed by atoms with E-state index in [0.717, 1.165) is 6.42 Å². The fourth-order valence-electron chi connectivity index (χ4n) is 1.68. The van der Waals surface area contributed by atoms with E-state index in [0.29, 0.717) is 5.92 Å². The van der Waals surface area contributed by atoms with Crippen LogP contribution in [0.5, 0.6) is 0 Å². The van der Waals surface area contributed by atoms with Crippen molar-refractivity contribution in [2.24, 2.45) is 5.92 Å². The molecule has 0 fully saturated rings. The second-order valence-electron chi connectivity index (χ2n) is 3.97. The van der Waals surface area contributed by atoms with Crippen molar-refractivity contribution in [3.63, 3.8) is 0 Å². The van der Waals surface area contributed by atoms with Gasteiger partial charge < -0.3 is 0 Å². The highest BCUT2D eigenvalue weighted by molar-refractivity contribution is 6.20. The lowest BCUT2D eigenvalue weighted by Crippen LogP contribution is -2.14. The van der Waals surface area contributed by atoms with E-state index in [1.165, 1.54) is 18.4 Å². The number of hydrogen-bond donors (Lipinski definition) is 0. The van der Waals surface area contributed by atoms with E-state index in [1.54, 1.807) is 0 Å². The Morgan fingerprint density at radius 2 is 1.86 bits per heavy atom. The second kappa shape index (κ2) is 6.08. The Balaban J connectivity index is 2.44. The van der Waals surface area contributed by atoms with E-state index in [1.807, 2.05) is 6.07 Å². The molecule has 1 heteroatoms. The third kappa shape index (κ3) is 3.71. The van der Waals surface area contributed by atoms with Crippen molar-refractivity contribution >= 4 is 11.6 Å². The Morgan fingerprint density at radius 3 is 2.43 bits per heavy atom. The number of rotatable bonds is 5. The van der Waals surface area contributed by atoms with Crippen LogP contribution in [0.15, 0.2) is 30.3 Å². The normalized spacial score (nSPS) is 15.1. The van der Waals surface area contributed by atoms with Gasteiger partial charge in [-0.3, -0.25) is 0 Å². The fourth-order valence-corrected chi connectivity index (χ4v) is 1.98. The SMILES string of the molecule is CCCC(C)C(Cl)Cc1ccccc1. The maximum Gasteiger partial charge on any atom is 0.0401 e. The molecule has 1 rings (SSSR count). The van der Waals surface area contributed by atoms with Crippen molar-refractivity contribution in [1.82, 2.24) is 0 Å². The van der Waals surface area contributed by atoms with Gasteiger partial charge in [0.25, 0.3) is 0 Å². The Hall–Kier alpha value is -0.490. The summed E-state index contributed by atoms with van der Waals surface area (Å²) < 4.78 is 0. The van der Waals surface area contributed by atoms with Gasteiger partial charge in [0.15, 0.2) is 0 Å². The van der Waals surface area contributed by atoms with Gasteiger partial charge in [-0.1, -0.05) is 50.6 Å². The van der Waals surface area contributed by atoms with Gasteiger partial charge in [-0.05, 0) is 24.3 Å². The molecule has 0 radical (unpaired) electrons. The first kappa shape index (κ1) is 11.6. The smallest absolute Gasteiger partial charge is 0.0401 e. The first-order valence-corrected chi connectivity index (χ1v) is 5.85. The van der Waals surface area contributed by atoms with E-state index in [2.05, 4.69) is 38.1 Å². The lowest BCUT2D eigenvalue weighted by molar-refractivity contribution is 0.494. The topological polar surface area (TPSA) is 0 Å². The summed E-state index contributed by atoms with van der Waals surface area (Å²) in [7, 11) is 0. The highest BCUT2D eigenvalue weighted by atomic mass is 35.5. The van der Waals surface area contributed by atoms with Crippen LogP contribution in [0.3, 0.4) is 0 Å². The summed E-state index contributed by atoms with van der Waals surface area (Å²) in [5, 5.41) is 0.275. The standard InChI is InChI=1S/C13H19Cl/c1-3-7-11(2)13(14)10-12-8-5-4-6-9-12/h4-6,8-9,11,13H,3,7,10H2,1-2H3. The van der Waals surface area contributed by atoms with Crippen LogP contribution < -0.4 is 0 Å². The predicted molar refractivity (Wildman–Crippen MR) is 63.9 cm³/mol. The van der Waals surface area contributed by atoms with Gasteiger partial charge >= 0.3 is 0 Å². The summed E-state index contributed by atoms with van der Waals surface area (Å²) in [5.41, 5.74) is 1.34. The molecule has 0 amide bonds. The van der Waals surface area contributed by atoms with Crippen LogP contribution in [0.4, 0.5) is 0 Å². The molecule has 0 aliphatic heterocycles. The monoisotopic (exact) mass is 210 g/mol. The van der Waals surface area contributed by atoms with Gasteiger partial charge in [-0.25, -0.2) is 0 Å². The van der Waals surface area contributed by atoms with Crippen molar-refractivity contribution in [2.45, 2.75) is 38.5 Å². The van der Waals surface area contributed by atoms with Gasteiger partial charge in [0.05, 0.1) is 0 Å². The summed E-state index contributed by atoms with van der Waals surface area (Å²) >= 11 is 6.34. The molecule has 0 N–H and O–H groups in total. The summed E-state index contributed by atoms with van der Waals surface area (Å²) in [6, 6.07) is 10.5. The van der Waals surface area contributed by atoms with Crippen molar-refractivity contribution in [3.05, 3.63) is 35.9 Å². The molecule has 78 valence electrons. The molecule has 0 saturated carbocycles. The summed E-state index contributed by atoms with van der Waals surface area (Å²) in [4.78, 5) is 0. The zero-order chi connectivity index (χ0) is 10.4. The van der Waals surface area contributed by atoms with Crippen LogP contribution in [0.2, 0.25) is 0 Å². The van der Waals surface area contributed by atoms with Crippen LogP contribution in [0.25, 0.3) is 0 Å². The zero-order valence-corrected chi connectivity index (χ0v) is 9.80. The molecule has 2 atom stereocenters. The Labute approximate surface area is 92.3 Å². The average molecular weight is 211 g/mol.